The summed E-state index contributed by atoms with van der Waals surface area (Å²) in [4.78, 5) is 11.3. The van der Waals surface area contributed by atoms with Crippen LogP contribution in [0, 0.1) is 0 Å². The molecule has 0 radical (unpaired) electrons. The molecule has 0 unspecified atom stereocenters. The second-order valence-corrected chi connectivity index (χ2v) is 11.7. The fourth-order valence-electron chi connectivity index (χ4n) is 2.98. The first-order valence-corrected chi connectivity index (χ1v) is 13.6. The Morgan fingerprint density at radius 1 is 0.893 bits per heavy atom. The Balaban J connectivity index is 4.86. The van der Waals surface area contributed by atoms with Crippen LogP contribution in [0.15, 0.2) is 48.6 Å². The molecule has 0 saturated carbocycles. The summed E-state index contributed by atoms with van der Waals surface area (Å²) < 4.78 is 11.5. The second-order valence-electron chi connectivity index (χ2n) is 6.98. The average Bonchev–Trinajstić information content (AvgIpc) is 2.71. The molecule has 0 aromatic rings. The summed E-state index contributed by atoms with van der Waals surface area (Å²) in [6.07, 6.45) is 21.7. The van der Waals surface area contributed by atoms with E-state index >= 15 is 0 Å². The molecule has 0 aromatic heterocycles. The minimum absolute atomic E-state index is 0.0825. The third-order valence-electron chi connectivity index (χ3n) is 5.02. The number of ether oxygens (including phenoxy) is 1. The SMILES string of the molecule is CCCCC/C=C/C=C/[C@H](C/C=C/C=C/C(=O)OCC)O[Si](CC)(CC)CC. The van der Waals surface area contributed by atoms with Crippen molar-refractivity contribution in [1.82, 2.24) is 0 Å². The van der Waals surface area contributed by atoms with Gasteiger partial charge in [0.1, 0.15) is 0 Å². The first kappa shape index (κ1) is 26.6. The molecule has 0 heterocycles. The lowest BCUT2D eigenvalue weighted by molar-refractivity contribution is -0.137. The van der Waals surface area contributed by atoms with Crippen molar-refractivity contribution in [3.05, 3.63) is 48.6 Å². The van der Waals surface area contributed by atoms with Gasteiger partial charge in [0.25, 0.3) is 0 Å². The number of carbonyl (C=O) groups excluding carboxylic acids is 1. The molecule has 0 spiro atoms. The maximum Gasteiger partial charge on any atom is 0.330 e. The molecule has 0 fully saturated rings. The highest BCUT2D eigenvalue weighted by Crippen LogP contribution is 2.25. The van der Waals surface area contributed by atoms with Crippen molar-refractivity contribution in [2.45, 2.75) is 91.0 Å². The Hall–Kier alpha value is -1.39. The molecule has 0 rings (SSSR count). The van der Waals surface area contributed by atoms with Gasteiger partial charge in [-0.1, -0.05) is 83.1 Å². The van der Waals surface area contributed by atoms with Crippen LogP contribution in [0.1, 0.15) is 66.7 Å². The smallest absolute Gasteiger partial charge is 0.330 e. The summed E-state index contributed by atoms with van der Waals surface area (Å²) in [6, 6.07) is 3.43. The van der Waals surface area contributed by atoms with Gasteiger partial charge in [0, 0.05) is 6.08 Å². The van der Waals surface area contributed by atoms with E-state index < -0.39 is 8.32 Å². The lowest BCUT2D eigenvalue weighted by Gasteiger charge is -2.31. The van der Waals surface area contributed by atoms with Crippen LogP contribution < -0.4 is 0 Å². The van der Waals surface area contributed by atoms with Gasteiger partial charge in [-0.05, 0) is 44.3 Å². The van der Waals surface area contributed by atoms with Crippen molar-refractivity contribution in [2.24, 2.45) is 0 Å². The van der Waals surface area contributed by atoms with Gasteiger partial charge in [0.05, 0.1) is 12.7 Å². The third-order valence-corrected chi connectivity index (χ3v) is 9.68. The molecule has 160 valence electrons. The maximum atomic E-state index is 11.3. The molecule has 4 heteroatoms. The number of allylic oxidation sites excluding steroid dienone is 5. The zero-order valence-electron chi connectivity index (χ0n) is 18.8. The fourth-order valence-corrected chi connectivity index (χ4v) is 5.79. The molecule has 0 aliphatic rings. The van der Waals surface area contributed by atoms with Crippen molar-refractivity contribution >= 4 is 14.3 Å². The van der Waals surface area contributed by atoms with E-state index in [9.17, 15) is 4.79 Å². The number of esters is 1. The quantitative estimate of drug-likeness (QED) is 0.0898. The van der Waals surface area contributed by atoms with E-state index in [4.69, 9.17) is 9.16 Å². The van der Waals surface area contributed by atoms with E-state index in [-0.39, 0.29) is 12.1 Å². The first-order chi connectivity index (χ1) is 13.6. The second kappa shape index (κ2) is 17.7. The molecule has 0 aliphatic heterocycles. The Morgan fingerprint density at radius 2 is 1.57 bits per heavy atom. The molecule has 0 bridgehead atoms. The lowest BCUT2D eigenvalue weighted by atomic mass is 10.2. The zero-order chi connectivity index (χ0) is 21.1. The molecule has 3 nitrogen and oxygen atoms in total. The van der Waals surface area contributed by atoms with E-state index in [1.165, 1.54) is 25.3 Å². The van der Waals surface area contributed by atoms with E-state index in [1.54, 1.807) is 13.0 Å². The number of rotatable bonds is 16. The number of carbonyl (C=O) groups is 1. The van der Waals surface area contributed by atoms with E-state index in [2.05, 4.69) is 58.1 Å². The summed E-state index contributed by atoms with van der Waals surface area (Å²) >= 11 is 0. The van der Waals surface area contributed by atoms with Gasteiger partial charge in [0.15, 0.2) is 8.32 Å². The van der Waals surface area contributed by atoms with Crippen molar-refractivity contribution in [3.63, 3.8) is 0 Å². The van der Waals surface area contributed by atoms with Crippen LogP contribution in [0.3, 0.4) is 0 Å². The minimum Gasteiger partial charge on any atom is -0.463 e. The van der Waals surface area contributed by atoms with Crippen molar-refractivity contribution in [2.75, 3.05) is 6.61 Å². The minimum atomic E-state index is -1.67. The molecule has 0 N–H and O–H groups in total. The standard InChI is InChI=1S/C24H42O3Si/c1-6-11-12-13-14-15-17-20-23(27-28(8-3,9-4)10-5)21-18-16-19-22-24(25)26-7-2/h14-20,22-23H,6-13,21H2,1-5H3/b15-14+,18-16+,20-17+,22-19+/t23-/m1/s1. The van der Waals surface area contributed by atoms with Gasteiger partial charge < -0.3 is 9.16 Å². The monoisotopic (exact) mass is 406 g/mol. The van der Waals surface area contributed by atoms with Crippen LogP contribution in [-0.4, -0.2) is 27.0 Å². The zero-order valence-corrected chi connectivity index (χ0v) is 19.8. The van der Waals surface area contributed by atoms with Gasteiger partial charge >= 0.3 is 5.97 Å². The normalized spacial score (nSPS) is 14.0. The summed E-state index contributed by atoms with van der Waals surface area (Å²) in [6.45, 7) is 11.2. The molecular formula is C24H42O3Si. The molecule has 0 amide bonds. The van der Waals surface area contributed by atoms with E-state index in [1.807, 2.05) is 6.08 Å². The van der Waals surface area contributed by atoms with Crippen LogP contribution in [0.25, 0.3) is 0 Å². The van der Waals surface area contributed by atoms with Gasteiger partial charge in [-0.3, -0.25) is 0 Å². The predicted molar refractivity (Wildman–Crippen MR) is 124 cm³/mol. The maximum absolute atomic E-state index is 11.3. The third kappa shape index (κ3) is 12.9. The Bertz CT molecular complexity index is 494. The fraction of sp³-hybridized carbons (Fsp3) is 0.625. The Morgan fingerprint density at radius 3 is 2.18 bits per heavy atom. The molecule has 1 atom stereocenters. The lowest BCUT2D eigenvalue weighted by Crippen LogP contribution is -2.39. The average molecular weight is 407 g/mol. The molecular weight excluding hydrogens is 364 g/mol. The summed E-state index contributed by atoms with van der Waals surface area (Å²) in [5, 5.41) is 0. The highest BCUT2D eigenvalue weighted by atomic mass is 28.4. The summed E-state index contributed by atoms with van der Waals surface area (Å²) in [7, 11) is -1.67. The number of hydrogen-bond acceptors (Lipinski definition) is 3. The van der Waals surface area contributed by atoms with Gasteiger partial charge in [-0.2, -0.15) is 0 Å². The van der Waals surface area contributed by atoms with E-state index in [0.717, 1.165) is 31.0 Å². The molecule has 0 aromatic carbocycles. The largest absolute Gasteiger partial charge is 0.463 e. The van der Waals surface area contributed by atoms with Crippen LogP contribution in [0.4, 0.5) is 0 Å². The number of hydrogen-bond donors (Lipinski definition) is 0. The summed E-state index contributed by atoms with van der Waals surface area (Å²) in [5.41, 5.74) is 0. The first-order valence-electron chi connectivity index (χ1n) is 11.1. The van der Waals surface area contributed by atoms with Crippen LogP contribution in [-0.2, 0) is 14.0 Å². The van der Waals surface area contributed by atoms with Crippen LogP contribution in [0.5, 0.6) is 0 Å². The van der Waals surface area contributed by atoms with Gasteiger partial charge in [-0.25, -0.2) is 4.79 Å². The number of unbranched alkanes of at least 4 members (excludes halogenated alkanes) is 3. The highest BCUT2D eigenvalue weighted by molar-refractivity contribution is 6.73. The van der Waals surface area contributed by atoms with E-state index in [0.29, 0.717) is 6.61 Å². The Labute approximate surface area is 174 Å². The topological polar surface area (TPSA) is 35.5 Å². The van der Waals surface area contributed by atoms with Crippen molar-refractivity contribution < 1.29 is 14.0 Å². The molecule has 0 aliphatic carbocycles. The molecule has 0 saturated heterocycles. The highest BCUT2D eigenvalue weighted by Gasteiger charge is 2.30. The van der Waals surface area contributed by atoms with Crippen molar-refractivity contribution in [1.29, 1.82) is 0 Å². The molecule has 28 heavy (non-hydrogen) atoms. The van der Waals surface area contributed by atoms with Crippen LogP contribution in [0.2, 0.25) is 18.1 Å². The van der Waals surface area contributed by atoms with Crippen molar-refractivity contribution in [3.8, 4) is 0 Å². The van der Waals surface area contributed by atoms with Gasteiger partial charge in [-0.15, -0.1) is 0 Å². The predicted octanol–water partition coefficient (Wildman–Crippen LogP) is 7.14. The van der Waals surface area contributed by atoms with Crippen LogP contribution >= 0.6 is 0 Å². The Kier molecular flexibility index (Phi) is 16.8. The van der Waals surface area contributed by atoms with Gasteiger partial charge in [0.2, 0.25) is 0 Å². The summed E-state index contributed by atoms with van der Waals surface area (Å²) in [5.74, 6) is -0.303.